The Morgan fingerprint density at radius 1 is 1.50 bits per heavy atom. The maximum absolute atomic E-state index is 6.94. The predicted octanol–water partition coefficient (Wildman–Crippen LogP) is 1.84. The molecule has 0 spiro atoms. The Kier molecular flexibility index (Phi) is 10.4. The van der Waals surface area contributed by atoms with Gasteiger partial charge in [-0.1, -0.05) is 20.8 Å². The fourth-order valence-electron chi connectivity index (χ4n) is 0. The molecule has 0 aromatic heterocycles. The molecule has 0 saturated carbocycles. The van der Waals surface area contributed by atoms with Crippen molar-refractivity contribution in [1.29, 1.82) is 0.680 Å². The zero-order valence-corrected chi connectivity index (χ0v) is 6.97. The van der Waals surface area contributed by atoms with Gasteiger partial charge in [-0.15, -0.1) is 0 Å². The minimum Gasteiger partial charge on any atom is -0.358 e. The predicted molar refractivity (Wildman–Crippen MR) is 28.3 cm³/mol. The molecule has 0 aromatic carbocycles. The molecule has 0 aliphatic heterocycles. The maximum atomic E-state index is 6.94. The Morgan fingerprint density at radius 3 is 1.50 bits per heavy atom. The number of hydrogen-bond acceptors (Lipinski definition) is 0. The summed E-state index contributed by atoms with van der Waals surface area (Å²) in [5, 5.41) is 0. The molecule has 46 valence electrons. The molecule has 0 amide bonds. The van der Waals surface area contributed by atoms with Crippen molar-refractivity contribution in [2.45, 2.75) is 20.8 Å². The van der Waals surface area contributed by atoms with Gasteiger partial charge in [0.1, 0.15) is 0 Å². The second-order valence-corrected chi connectivity index (χ2v) is 1.50. The normalized spacial score (nSPS) is 11.5. The molecule has 0 nitrogen and oxygen atoms in total. The van der Waals surface area contributed by atoms with Gasteiger partial charge in [0.15, 0.2) is 0 Å². The van der Waals surface area contributed by atoms with Gasteiger partial charge in [0.25, 0.3) is 0 Å². The molecule has 0 heterocycles. The molecule has 0 aliphatic rings. The summed E-state index contributed by atoms with van der Waals surface area (Å²) in [5.41, 5.74) is 0. The molecule has 1 heteroatoms. The van der Waals surface area contributed by atoms with Crippen LogP contribution in [0.15, 0.2) is 0 Å². The zero-order valence-electron chi connectivity index (χ0n) is 6.80. The van der Waals surface area contributed by atoms with Crippen LogP contribution >= 0.6 is 0 Å². The van der Waals surface area contributed by atoms with Gasteiger partial charge >= 0.3 is 22.9 Å². The summed E-state index contributed by atoms with van der Waals surface area (Å²) in [5.74, 6) is -0.250. The Balaban J connectivity index is -0.0000000750. The van der Waals surface area contributed by atoms with Gasteiger partial charge in [0.05, 0.1) is 0 Å². The molecule has 0 bridgehead atoms. The van der Waals surface area contributed by atoms with Crippen molar-refractivity contribution in [2.75, 3.05) is 0 Å². The second-order valence-electron chi connectivity index (χ2n) is 1.50. The van der Waals surface area contributed by atoms with Crippen LogP contribution in [0.4, 0.5) is 0 Å². The fraction of sp³-hybridized carbons (Fsp3) is 0.800. The molecule has 0 aromatic rings. The summed E-state index contributed by atoms with van der Waals surface area (Å²) in [4.78, 5) is 0. The second kappa shape index (κ2) is 9.22. The molecule has 0 aliphatic carbocycles. The van der Waals surface area contributed by atoms with E-state index in [0.29, 0.717) is 0 Å². The largest absolute Gasteiger partial charge is 0.358 e. The van der Waals surface area contributed by atoms with Crippen molar-refractivity contribution in [2.24, 2.45) is 5.89 Å². The Hall–Kier alpha value is 0.740. The number of rotatable bonds is 0. The first kappa shape index (κ1) is 6.74. The molecule has 0 fully saturated rings. The SMILES string of the molecule is [2H]C(C)(C)C.[2H][Au].[CH3-]. The Bertz CT molecular complexity index is 25.9. The van der Waals surface area contributed by atoms with E-state index in [4.69, 9.17) is 2.05 Å². The van der Waals surface area contributed by atoms with Gasteiger partial charge in [-0.2, -0.15) is 0 Å². The van der Waals surface area contributed by atoms with Crippen LogP contribution in [0.3, 0.4) is 0 Å². The molecule has 0 rings (SSSR count). The maximum Gasteiger partial charge on any atom is -0.358 e. The van der Waals surface area contributed by atoms with Crippen molar-refractivity contribution in [3.63, 3.8) is 0 Å². The van der Waals surface area contributed by atoms with Gasteiger partial charge in [0, 0.05) is 1.37 Å². The summed E-state index contributed by atoms with van der Waals surface area (Å²) < 4.78 is 12.6. The third-order valence-corrected chi connectivity index (χ3v) is 0. The Morgan fingerprint density at radius 2 is 1.50 bits per heavy atom. The van der Waals surface area contributed by atoms with E-state index < -0.39 is 0 Å². The van der Waals surface area contributed by atoms with Crippen LogP contribution in [0.25, 0.3) is 0 Å². The van der Waals surface area contributed by atoms with Crippen LogP contribution < -0.4 is 0 Å². The first-order chi connectivity index (χ1) is 3.00. The van der Waals surface area contributed by atoms with Crippen LogP contribution in [0.5, 0.6) is 0 Å². The van der Waals surface area contributed by atoms with Gasteiger partial charge in [-0.25, -0.2) is 0 Å². The van der Waals surface area contributed by atoms with E-state index in [1.165, 1.54) is 22.2 Å². The molecule has 0 unspecified atom stereocenters. The quantitative estimate of drug-likeness (QED) is 0.466. The zero-order chi connectivity index (χ0) is 6.50. The first-order valence-corrected chi connectivity index (χ1v) is 1.50. The first-order valence-electron chi connectivity index (χ1n) is 2.30. The molecule has 0 atom stereocenters. The molecular formula is C5H14Au-. The number of hydrogen-bond donors (Lipinski definition) is 0. The van der Waals surface area contributed by atoms with Crippen LogP contribution in [-0.4, -0.2) is 0.680 Å². The fourth-order valence-corrected chi connectivity index (χ4v) is 0. The minimum atomic E-state index is -0.250. The average Bonchev–Trinajstić information content (AvgIpc) is 1.36. The molecule has 0 saturated heterocycles. The van der Waals surface area contributed by atoms with Crippen molar-refractivity contribution in [3.8, 4) is 0 Å². The van der Waals surface area contributed by atoms with Gasteiger partial charge in [-0.05, 0) is 5.89 Å². The standard InChI is InChI=1S/C4H10.CH3.Au.H/c1-4(2)3;;;/h4H,1-3H3;1H3;;/q;-1;;/i4D;;;1+1. The summed E-state index contributed by atoms with van der Waals surface area (Å²) in [6, 6.07) is 0. The van der Waals surface area contributed by atoms with E-state index in [-0.39, 0.29) is 13.3 Å². The van der Waals surface area contributed by atoms with E-state index in [2.05, 4.69) is 0 Å². The van der Waals surface area contributed by atoms with Crippen molar-refractivity contribution in [3.05, 3.63) is 7.43 Å². The smallest absolute Gasteiger partial charge is 0.358 e. The summed E-state index contributed by atoms with van der Waals surface area (Å²) in [6.45, 7) is 5.56. The van der Waals surface area contributed by atoms with Crippen LogP contribution in [0.2, 0.25) is 0 Å². The van der Waals surface area contributed by atoms with Crippen molar-refractivity contribution >= 4 is 0 Å². The van der Waals surface area contributed by atoms with Gasteiger partial charge in [0.2, 0.25) is 0 Å². The van der Waals surface area contributed by atoms with Gasteiger partial charge < -0.3 is 7.43 Å². The summed E-state index contributed by atoms with van der Waals surface area (Å²) >= 11 is 1.53. The molecule has 0 N–H and O–H groups in total. The van der Waals surface area contributed by atoms with Gasteiger partial charge in [-0.3, -0.25) is 0 Å². The van der Waals surface area contributed by atoms with E-state index in [0.717, 1.165) is 0 Å². The Labute approximate surface area is 58.8 Å². The van der Waals surface area contributed by atoms with Crippen molar-refractivity contribution in [1.82, 2.24) is 0 Å². The molecule has 6 heavy (non-hydrogen) atoms. The molecule has 0 radical (unpaired) electrons. The summed E-state index contributed by atoms with van der Waals surface area (Å²) in [6.07, 6.45) is 0. The van der Waals surface area contributed by atoms with E-state index in [9.17, 15) is 0 Å². The third-order valence-electron chi connectivity index (χ3n) is 0. The molecular weight excluding hydrogens is 257 g/mol. The van der Waals surface area contributed by atoms with E-state index in [1.807, 2.05) is 20.8 Å². The van der Waals surface area contributed by atoms with E-state index in [1.54, 1.807) is 0 Å². The van der Waals surface area contributed by atoms with Crippen LogP contribution in [-0.2, 0) is 22.2 Å². The third kappa shape index (κ3) is 121. The average molecular weight is 273 g/mol. The van der Waals surface area contributed by atoms with Crippen molar-refractivity contribution < 1.29 is 23.6 Å². The van der Waals surface area contributed by atoms with Crippen LogP contribution in [0, 0.1) is 13.3 Å². The van der Waals surface area contributed by atoms with E-state index >= 15 is 0 Å². The monoisotopic (exact) mass is 273 g/mol. The minimum absolute atomic E-state index is 0. The van der Waals surface area contributed by atoms with Crippen LogP contribution in [0.1, 0.15) is 22.1 Å². The summed E-state index contributed by atoms with van der Waals surface area (Å²) in [7, 11) is 0. The topological polar surface area (TPSA) is 0 Å².